The predicted octanol–water partition coefficient (Wildman–Crippen LogP) is 8.63. The van der Waals surface area contributed by atoms with Crippen LogP contribution in [0.2, 0.25) is 0 Å². The first kappa shape index (κ1) is 32.2. The van der Waals surface area contributed by atoms with Gasteiger partial charge in [0.05, 0.1) is 8.07 Å². The van der Waals surface area contributed by atoms with Crippen molar-refractivity contribution in [1.82, 2.24) is 4.90 Å². The summed E-state index contributed by atoms with van der Waals surface area (Å²) in [6.07, 6.45) is 0. The van der Waals surface area contributed by atoms with Crippen molar-refractivity contribution in [3.05, 3.63) is 126 Å². The third-order valence-electron chi connectivity index (χ3n) is 5.89. The third kappa shape index (κ3) is 10.3. The molecule has 0 aliphatic carbocycles. The van der Waals surface area contributed by atoms with E-state index in [2.05, 4.69) is 170 Å². The summed E-state index contributed by atoms with van der Waals surface area (Å²) in [5.74, 6) is 0.971. The molecule has 0 spiro atoms. The van der Waals surface area contributed by atoms with Crippen molar-refractivity contribution in [3.8, 4) is 0 Å². The molecule has 4 rings (SSSR count). The van der Waals surface area contributed by atoms with Gasteiger partial charge in [0.2, 0.25) is 0 Å². The van der Waals surface area contributed by atoms with Gasteiger partial charge in [0.25, 0.3) is 0 Å². The van der Waals surface area contributed by atoms with Gasteiger partial charge in [0.1, 0.15) is 0 Å². The first-order valence-corrected chi connectivity index (χ1v) is 16.2. The monoisotopic (exact) mass is 636 g/mol. The molecule has 4 aromatic rings. The van der Waals surface area contributed by atoms with E-state index in [9.17, 15) is 0 Å². The minimum absolute atomic E-state index is 0.486. The minimum atomic E-state index is -0.659. The summed E-state index contributed by atoms with van der Waals surface area (Å²) in [6.45, 7) is 10.1. The zero-order chi connectivity index (χ0) is 27.9. The van der Waals surface area contributed by atoms with Crippen molar-refractivity contribution in [2.75, 3.05) is 19.2 Å². The van der Waals surface area contributed by atoms with Crippen LogP contribution in [0.4, 0.5) is 5.69 Å². The molecule has 0 amide bonds. The molecular formula is C33H40ClN2PPd. The molecule has 0 fully saturated rings. The quantitative estimate of drug-likeness (QED) is 0.118. The first-order valence-electron chi connectivity index (χ1n) is 12.9. The van der Waals surface area contributed by atoms with Crippen LogP contribution in [0.3, 0.4) is 0 Å². The van der Waals surface area contributed by atoms with Gasteiger partial charge in [0.15, 0.2) is 0 Å². The van der Waals surface area contributed by atoms with Gasteiger partial charge in [0, 0.05) is 22.8 Å². The summed E-state index contributed by atoms with van der Waals surface area (Å²) in [5, 5.41) is 6.67. The Morgan fingerprint density at radius 2 is 1.18 bits per heavy atom. The van der Waals surface area contributed by atoms with Crippen LogP contribution < -0.4 is 15.7 Å². The summed E-state index contributed by atoms with van der Waals surface area (Å²) >= 11 is 2.22. The molecule has 0 atom stereocenters. The van der Waals surface area contributed by atoms with E-state index in [-0.39, 0.29) is 0 Å². The number of nitrogens with zero attached hydrogens (tertiary/aromatic N) is 1. The number of hydrogen-bond acceptors (Lipinski definition) is 2. The Labute approximate surface area is 247 Å². The Morgan fingerprint density at radius 3 is 1.58 bits per heavy atom. The van der Waals surface area contributed by atoms with Crippen molar-refractivity contribution >= 4 is 33.9 Å². The molecule has 0 aliphatic heterocycles. The molecule has 0 saturated heterocycles. The summed E-state index contributed by atoms with van der Waals surface area (Å²) in [4.78, 5) is 2.13. The molecule has 2 nitrogen and oxygen atoms in total. The predicted molar refractivity (Wildman–Crippen MR) is 166 cm³/mol. The Balaban J connectivity index is 0.000000353. The fourth-order valence-electron chi connectivity index (χ4n) is 4.09. The average molecular weight is 638 g/mol. The van der Waals surface area contributed by atoms with E-state index in [0.29, 0.717) is 11.8 Å². The number of hydrogen-bond donors (Lipinski definition) is 1. The molecule has 204 valence electrons. The van der Waals surface area contributed by atoms with Crippen LogP contribution in [-0.2, 0) is 24.7 Å². The third-order valence-corrected chi connectivity index (χ3v) is 7.96. The summed E-state index contributed by atoms with van der Waals surface area (Å²) in [6, 6.07) is 39.6. The number of nitrogens with one attached hydrogen (secondary N) is 1. The zero-order valence-electron chi connectivity index (χ0n) is 23.3. The van der Waals surface area contributed by atoms with Gasteiger partial charge in [-0.15, -0.1) is 5.56 Å². The van der Waals surface area contributed by atoms with Crippen molar-refractivity contribution in [3.63, 3.8) is 0 Å². The van der Waals surface area contributed by atoms with E-state index in [1.54, 1.807) is 0 Å². The molecule has 0 heterocycles. The van der Waals surface area contributed by atoms with E-state index >= 15 is 0 Å². The number of rotatable bonds is 8. The van der Waals surface area contributed by atoms with Gasteiger partial charge in [-0.25, -0.2) is 0 Å². The second kappa shape index (κ2) is 17.6. The van der Waals surface area contributed by atoms with E-state index in [4.69, 9.17) is 0 Å². The number of para-hydroxylation sites is 1. The molecule has 5 heteroatoms. The molecular weight excluding hydrogens is 597 g/mol. The summed E-state index contributed by atoms with van der Waals surface area (Å²) in [7, 11) is 7.94. The number of halogens is 1. The average Bonchev–Trinajstić information content (AvgIpc) is 2.94. The van der Waals surface area contributed by atoms with Crippen molar-refractivity contribution in [1.29, 1.82) is 0 Å². The first-order chi connectivity index (χ1) is 18.4. The Hall–Kier alpha value is -1.98. The fourth-order valence-corrected chi connectivity index (χ4v) is 6.07. The van der Waals surface area contributed by atoms with Crippen LogP contribution in [0.1, 0.15) is 56.2 Å². The molecule has 0 unspecified atom stereocenters. The molecule has 1 N–H and O–H groups in total. The van der Waals surface area contributed by atoms with Crippen LogP contribution in [0.5, 0.6) is 0 Å². The fraction of sp³-hybridized carbons (Fsp3) is 0.273. The second-order valence-corrected chi connectivity index (χ2v) is 11.8. The molecule has 4 aromatic carbocycles. The van der Waals surface area contributed by atoms with E-state index < -0.39 is 8.07 Å². The Kier molecular flexibility index (Phi) is 14.9. The molecule has 0 aromatic heterocycles. The molecule has 0 bridgehead atoms. The second-order valence-electron chi connectivity index (χ2n) is 9.86. The van der Waals surface area contributed by atoms with Gasteiger partial charge in [-0.1, -0.05) is 107 Å². The maximum absolute atomic E-state index is 4.49. The normalized spacial score (nSPS) is 10.7. The van der Waals surface area contributed by atoms with Crippen molar-refractivity contribution in [2.24, 2.45) is 0 Å². The van der Waals surface area contributed by atoms with E-state index in [1.807, 2.05) is 18.2 Å². The van der Waals surface area contributed by atoms with Crippen LogP contribution in [0, 0.1) is 6.07 Å². The summed E-state index contributed by atoms with van der Waals surface area (Å²) in [5.41, 5.74) is 5.36. The van der Waals surface area contributed by atoms with Crippen LogP contribution >= 0.6 is 17.6 Å². The maximum atomic E-state index is 4.49. The molecule has 0 aliphatic rings. The SMILES string of the molecule is CC(C)c1cccc(C(C)C)c1NP(c1ccccc1)c1ccccc1.CN(C)Cc1[c-]cccc1.[Cl][Pd+]. The molecule has 38 heavy (non-hydrogen) atoms. The van der Waals surface area contributed by atoms with Crippen LogP contribution in [0.25, 0.3) is 0 Å². The van der Waals surface area contributed by atoms with Gasteiger partial charge >= 0.3 is 27.7 Å². The van der Waals surface area contributed by atoms with Crippen LogP contribution in [0.15, 0.2) is 103 Å². The van der Waals surface area contributed by atoms with E-state index in [1.165, 1.54) is 33.0 Å². The van der Waals surface area contributed by atoms with Crippen LogP contribution in [-0.4, -0.2) is 19.0 Å². The molecule has 0 saturated carbocycles. The topological polar surface area (TPSA) is 15.3 Å². The number of benzene rings is 4. The van der Waals surface area contributed by atoms with Crippen molar-refractivity contribution in [2.45, 2.75) is 46.1 Å². The van der Waals surface area contributed by atoms with Crippen molar-refractivity contribution < 1.29 is 18.2 Å². The van der Waals surface area contributed by atoms with Gasteiger partial charge in [-0.2, -0.15) is 30.3 Å². The standard InChI is InChI=1S/C24H28NP.C9H12N.ClH.Pd/c1-18(2)22-16-11-17-23(19(3)4)24(22)25-26(20-12-7-5-8-13-20)21-14-9-6-10-15-21;1-10(2)8-9-6-4-3-5-7-9;;/h5-19,25H,1-4H3;3-6H,8H2,1-2H3;1H;/q;-1;;+2/p-1. The molecule has 0 radical (unpaired) electrons. The van der Waals surface area contributed by atoms with Gasteiger partial charge in [-0.3, -0.25) is 0 Å². The van der Waals surface area contributed by atoms with Gasteiger partial charge < -0.3 is 9.99 Å². The van der Waals surface area contributed by atoms with E-state index in [0.717, 1.165) is 6.54 Å². The number of anilines is 1. The Bertz CT molecular complexity index is 1100. The summed E-state index contributed by atoms with van der Waals surface area (Å²) < 4.78 is 0. The zero-order valence-corrected chi connectivity index (χ0v) is 26.5. The van der Waals surface area contributed by atoms with Gasteiger partial charge in [-0.05, 0) is 37.1 Å². The Morgan fingerprint density at radius 1 is 0.711 bits per heavy atom.